The van der Waals surface area contributed by atoms with E-state index in [9.17, 15) is 5.11 Å². The number of aliphatic hydroxyl groups is 1. The summed E-state index contributed by atoms with van der Waals surface area (Å²) < 4.78 is 10.9. The fraction of sp³-hybridized carbons (Fsp3) is 0.579. The van der Waals surface area contributed by atoms with Crippen LogP contribution >= 0.6 is 0 Å². The van der Waals surface area contributed by atoms with E-state index in [2.05, 4.69) is 22.2 Å². The zero-order valence-corrected chi connectivity index (χ0v) is 16.5. The molecule has 0 atom stereocenters. The number of nitrogens with zero attached hydrogens (tertiary/aromatic N) is 4. The molecule has 1 saturated heterocycles. The quantitative estimate of drug-likeness (QED) is 0.755. The first-order valence-corrected chi connectivity index (χ1v) is 9.26. The lowest BCUT2D eigenvalue weighted by molar-refractivity contribution is 0.263. The molecule has 2 N–H and O–H groups in total. The van der Waals surface area contributed by atoms with Gasteiger partial charge in [0, 0.05) is 31.1 Å². The van der Waals surface area contributed by atoms with Crippen LogP contribution < -0.4 is 19.7 Å². The number of fused-ring (bicyclic) bond motifs is 1. The van der Waals surface area contributed by atoms with Gasteiger partial charge in [0.25, 0.3) is 0 Å². The first-order valence-electron chi connectivity index (χ1n) is 9.26. The van der Waals surface area contributed by atoms with Crippen LogP contribution in [0.25, 0.3) is 10.9 Å². The standard InChI is InChI=1S/C19H29N5O3/c1-23-7-5-13(6-8-23)20-18-14-11-16(26-3)17(27-4)12-15(14)21-19(22-18)24(2)9-10-25/h11-13,25H,5-10H2,1-4H3,(H,20,21,22). The number of aromatic nitrogens is 2. The zero-order chi connectivity index (χ0) is 19.4. The summed E-state index contributed by atoms with van der Waals surface area (Å²) in [6.07, 6.45) is 2.13. The number of hydrogen-bond donors (Lipinski definition) is 2. The van der Waals surface area contributed by atoms with Crippen molar-refractivity contribution in [3.8, 4) is 11.5 Å². The van der Waals surface area contributed by atoms with E-state index in [0.717, 1.165) is 42.7 Å². The Labute approximate surface area is 160 Å². The van der Waals surface area contributed by atoms with Gasteiger partial charge in [0.2, 0.25) is 5.95 Å². The second-order valence-electron chi connectivity index (χ2n) is 6.96. The van der Waals surface area contributed by atoms with E-state index in [-0.39, 0.29) is 6.61 Å². The van der Waals surface area contributed by atoms with Crippen LogP contribution in [0.1, 0.15) is 12.8 Å². The molecule has 2 heterocycles. The number of hydrogen-bond acceptors (Lipinski definition) is 8. The Bertz CT molecular complexity index is 778. The van der Waals surface area contributed by atoms with E-state index >= 15 is 0 Å². The summed E-state index contributed by atoms with van der Waals surface area (Å²) in [4.78, 5) is 13.6. The van der Waals surface area contributed by atoms with E-state index in [1.165, 1.54) is 0 Å². The number of anilines is 2. The zero-order valence-electron chi connectivity index (χ0n) is 16.5. The average Bonchev–Trinajstić information content (AvgIpc) is 2.68. The Morgan fingerprint density at radius 2 is 1.85 bits per heavy atom. The molecule has 0 radical (unpaired) electrons. The average molecular weight is 375 g/mol. The third-order valence-corrected chi connectivity index (χ3v) is 5.03. The van der Waals surface area contributed by atoms with E-state index in [1.54, 1.807) is 14.2 Å². The van der Waals surface area contributed by atoms with Gasteiger partial charge in [-0.3, -0.25) is 0 Å². The van der Waals surface area contributed by atoms with Crippen molar-refractivity contribution in [2.75, 3.05) is 64.8 Å². The number of aliphatic hydroxyl groups excluding tert-OH is 1. The van der Waals surface area contributed by atoms with Crippen molar-refractivity contribution in [2.24, 2.45) is 0 Å². The molecule has 27 heavy (non-hydrogen) atoms. The highest BCUT2D eigenvalue weighted by molar-refractivity contribution is 5.92. The predicted octanol–water partition coefficient (Wildman–Crippen LogP) is 1.58. The van der Waals surface area contributed by atoms with Crippen molar-refractivity contribution in [1.82, 2.24) is 14.9 Å². The highest BCUT2D eigenvalue weighted by Crippen LogP contribution is 2.35. The molecule has 1 aliphatic rings. The van der Waals surface area contributed by atoms with Crippen molar-refractivity contribution < 1.29 is 14.6 Å². The van der Waals surface area contributed by atoms with Crippen molar-refractivity contribution in [2.45, 2.75) is 18.9 Å². The summed E-state index contributed by atoms with van der Waals surface area (Å²) in [6, 6.07) is 4.15. The lowest BCUT2D eigenvalue weighted by Crippen LogP contribution is -2.37. The Morgan fingerprint density at radius 3 is 2.48 bits per heavy atom. The fourth-order valence-electron chi connectivity index (χ4n) is 3.32. The molecule has 2 aromatic rings. The van der Waals surface area contributed by atoms with Crippen LogP contribution in [0.15, 0.2) is 12.1 Å². The van der Waals surface area contributed by atoms with Gasteiger partial charge in [-0.1, -0.05) is 0 Å². The van der Waals surface area contributed by atoms with E-state index in [0.29, 0.717) is 30.0 Å². The maximum atomic E-state index is 9.26. The molecular formula is C19H29N5O3. The second-order valence-corrected chi connectivity index (χ2v) is 6.96. The third kappa shape index (κ3) is 4.33. The highest BCUT2D eigenvalue weighted by atomic mass is 16.5. The van der Waals surface area contributed by atoms with Crippen LogP contribution in [0.2, 0.25) is 0 Å². The number of benzene rings is 1. The van der Waals surface area contributed by atoms with Gasteiger partial charge >= 0.3 is 0 Å². The molecule has 0 bridgehead atoms. The molecule has 8 heteroatoms. The van der Waals surface area contributed by atoms with E-state index in [4.69, 9.17) is 14.5 Å². The van der Waals surface area contributed by atoms with Gasteiger partial charge < -0.3 is 29.7 Å². The van der Waals surface area contributed by atoms with Crippen molar-refractivity contribution in [3.05, 3.63) is 12.1 Å². The molecule has 8 nitrogen and oxygen atoms in total. The summed E-state index contributed by atoms with van der Waals surface area (Å²) in [7, 11) is 7.26. The third-order valence-electron chi connectivity index (χ3n) is 5.03. The largest absolute Gasteiger partial charge is 0.493 e. The van der Waals surface area contributed by atoms with Crippen LogP contribution in [-0.4, -0.2) is 80.6 Å². The van der Waals surface area contributed by atoms with Crippen LogP contribution in [0.5, 0.6) is 11.5 Å². The molecule has 3 rings (SSSR count). The minimum Gasteiger partial charge on any atom is -0.493 e. The molecule has 0 unspecified atom stereocenters. The lowest BCUT2D eigenvalue weighted by atomic mass is 10.1. The maximum absolute atomic E-state index is 9.26. The van der Waals surface area contributed by atoms with E-state index in [1.807, 2.05) is 24.1 Å². The molecule has 1 aliphatic heterocycles. The molecule has 1 aromatic heterocycles. The normalized spacial score (nSPS) is 15.7. The molecule has 148 valence electrons. The second kappa shape index (κ2) is 8.58. The van der Waals surface area contributed by atoms with Gasteiger partial charge in [-0.15, -0.1) is 0 Å². The van der Waals surface area contributed by atoms with E-state index < -0.39 is 0 Å². The summed E-state index contributed by atoms with van der Waals surface area (Å²) in [5, 5.41) is 13.8. The van der Waals surface area contributed by atoms with Crippen LogP contribution in [0, 0.1) is 0 Å². The van der Waals surface area contributed by atoms with Gasteiger partial charge in [0.05, 0.1) is 26.3 Å². The van der Waals surface area contributed by atoms with Crippen molar-refractivity contribution in [3.63, 3.8) is 0 Å². The van der Waals surface area contributed by atoms with Gasteiger partial charge in [0.15, 0.2) is 11.5 Å². The monoisotopic (exact) mass is 375 g/mol. The fourth-order valence-corrected chi connectivity index (χ4v) is 3.32. The first kappa shape index (κ1) is 19.4. The number of nitrogens with one attached hydrogen (secondary N) is 1. The van der Waals surface area contributed by atoms with Crippen LogP contribution in [-0.2, 0) is 0 Å². The number of ether oxygens (including phenoxy) is 2. The lowest BCUT2D eigenvalue weighted by Gasteiger charge is -2.30. The van der Waals surface area contributed by atoms with Crippen molar-refractivity contribution >= 4 is 22.7 Å². The van der Waals surface area contributed by atoms with Gasteiger partial charge in [0.1, 0.15) is 5.82 Å². The minimum atomic E-state index is 0.0432. The predicted molar refractivity (Wildman–Crippen MR) is 107 cm³/mol. The minimum absolute atomic E-state index is 0.0432. The summed E-state index contributed by atoms with van der Waals surface area (Å²) in [6.45, 7) is 2.64. The molecule has 0 amide bonds. The Morgan fingerprint density at radius 1 is 1.19 bits per heavy atom. The van der Waals surface area contributed by atoms with Crippen molar-refractivity contribution in [1.29, 1.82) is 0 Å². The van der Waals surface area contributed by atoms with Crippen LogP contribution in [0.4, 0.5) is 11.8 Å². The summed E-state index contributed by atoms with van der Waals surface area (Å²) in [5.41, 5.74) is 0.776. The number of likely N-dealkylation sites (N-methyl/N-ethyl adjacent to an activating group) is 1. The van der Waals surface area contributed by atoms with Crippen LogP contribution in [0.3, 0.4) is 0 Å². The molecule has 0 aliphatic carbocycles. The Kier molecular flexibility index (Phi) is 6.18. The smallest absolute Gasteiger partial charge is 0.227 e. The molecule has 1 aromatic carbocycles. The molecule has 0 spiro atoms. The number of methoxy groups -OCH3 is 2. The first-order chi connectivity index (χ1) is 13.0. The number of likely N-dealkylation sites (tertiary alicyclic amines) is 1. The molecule has 1 fully saturated rings. The van der Waals surface area contributed by atoms with Gasteiger partial charge in [-0.05, 0) is 39.0 Å². The van der Waals surface area contributed by atoms with Gasteiger partial charge in [-0.2, -0.15) is 4.98 Å². The molecular weight excluding hydrogens is 346 g/mol. The number of rotatable bonds is 7. The SMILES string of the molecule is COc1cc2nc(N(C)CCO)nc(NC3CCN(C)CC3)c2cc1OC. The maximum Gasteiger partial charge on any atom is 0.227 e. The summed E-state index contributed by atoms with van der Waals surface area (Å²) >= 11 is 0. The number of piperidine rings is 1. The topological polar surface area (TPSA) is 83.0 Å². The summed E-state index contributed by atoms with van der Waals surface area (Å²) in [5.74, 6) is 2.63. The van der Waals surface area contributed by atoms with Gasteiger partial charge in [-0.25, -0.2) is 4.98 Å². The Hall–Kier alpha value is -2.32. The Balaban J connectivity index is 2.03. The molecule has 0 saturated carbocycles. The highest BCUT2D eigenvalue weighted by Gasteiger charge is 2.20.